The van der Waals surface area contributed by atoms with Gasteiger partial charge in [0.05, 0.1) is 11.0 Å². The Morgan fingerprint density at radius 1 is 0.949 bits per heavy atom. The normalized spacial score (nSPS) is 37.6. The highest BCUT2D eigenvalue weighted by atomic mass is 16.5. The molecular formula is C36H52O3. The summed E-state index contributed by atoms with van der Waals surface area (Å²) in [6.45, 7) is 16.7. The Morgan fingerprint density at radius 3 is 2.33 bits per heavy atom. The molecule has 214 valence electrons. The lowest BCUT2D eigenvalue weighted by atomic mass is 9.42. The summed E-state index contributed by atoms with van der Waals surface area (Å²) in [6, 6.07) is 9.34. The molecule has 3 fully saturated rings. The van der Waals surface area contributed by atoms with Gasteiger partial charge in [0, 0.05) is 6.42 Å². The Morgan fingerprint density at radius 2 is 1.64 bits per heavy atom. The lowest BCUT2D eigenvalue weighted by Gasteiger charge is -2.61. The van der Waals surface area contributed by atoms with Crippen LogP contribution >= 0.6 is 0 Å². The second-order valence-corrected chi connectivity index (χ2v) is 14.8. The lowest BCUT2D eigenvalue weighted by molar-refractivity contribution is -0.148. The van der Waals surface area contributed by atoms with E-state index in [9.17, 15) is 9.59 Å². The Hall–Kier alpha value is -1.90. The van der Waals surface area contributed by atoms with Crippen molar-refractivity contribution in [2.45, 2.75) is 119 Å². The topological polar surface area (TPSA) is 43.4 Å². The van der Waals surface area contributed by atoms with Gasteiger partial charge in [-0.1, -0.05) is 83.7 Å². The minimum Gasteiger partial charge on any atom is -0.459 e. The summed E-state index contributed by atoms with van der Waals surface area (Å²) in [5.41, 5.74) is 3.42. The number of hydrogen-bond donors (Lipinski definition) is 0. The van der Waals surface area contributed by atoms with E-state index in [0.717, 1.165) is 43.9 Å². The van der Waals surface area contributed by atoms with Crippen molar-refractivity contribution in [2.75, 3.05) is 0 Å². The van der Waals surface area contributed by atoms with Crippen molar-refractivity contribution < 1.29 is 14.3 Å². The molecule has 8 unspecified atom stereocenters. The van der Waals surface area contributed by atoms with Crippen LogP contribution in [0.1, 0.15) is 123 Å². The first-order chi connectivity index (χ1) is 18.4. The average Bonchev–Trinajstić information content (AvgIpc) is 3.25. The molecule has 0 heterocycles. The third kappa shape index (κ3) is 4.64. The van der Waals surface area contributed by atoms with Gasteiger partial charge in [-0.05, 0) is 104 Å². The van der Waals surface area contributed by atoms with Crippen molar-refractivity contribution in [2.24, 2.45) is 45.8 Å². The van der Waals surface area contributed by atoms with Crippen molar-refractivity contribution >= 4 is 11.8 Å². The highest BCUT2D eigenvalue weighted by molar-refractivity contribution is 5.92. The van der Waals surface area contributed by atoms with Gasteiger partial charge in [0.25, 0.3) is 0 Å². The van der Waals surface area contributed by atoms with Crippen LogP contribution in [0, 0.1) is 45.8 Å². The molecule has 4 aliphatic carbocycles. The molecule has 0 aromatic heterocycles. The van der Waals surface area contributed by atoms with E-state index in [-0.39, 0.29) is 28.3 Å². The van der Waals surface area contributed by atoms with Crippen molar-refractivity contribution in [3.63, 3.8) is 0 Å². The smallest absolute Gasteiger partial charge is 0.338 e. The van der Waals surface area contributed by atoms with Gasteiger partial charge in [0.15, 0.2) is 0 Å². The van der Waals surface area contributed by atoms with E-state index >= 15 is 0 Å². The quantitative estimate of drug-likeness (QED) is 0.260. The predicted octanol–water partition coefficient (Wildman–Crippen LogP) is 9.21. The van der Waals surface area contributed by atoms with Gasteiger partial charge in [-0.25, -0.2) is 4.79 Å². The molecule has 0 radical (unpaired) electrons. The SMILES string of the molecule is CC(C)C(C)CCC(C)C1CCC2=C3CCC4CC(OC(=O)c5ccccc5)CCC4(C)C3(C)C(=O)CC21C. The summed E-state index contributed by atoms with van der Waals surface area (Å²) < 4.78 is 6.01. The van der Waals surface area contributed by atoms with E-state index in [1.54, 1.807) is 5.57 Å². The molecule has 1 aromatic rings. The number of ketones is 1. The Bertz CT molecular complexity index is 1120. The van der Waals surface area contributed by atoms with E-state index in [1.165, 1.54) is 31.3 Å². The van der Waals surface area contributed by atoms with Crippen molar-refractivity contribution in [3.8, 4) is 0 Å². The molecule has 1 aromatic carbocycles. The standard InChI is InChI=1S/C36H52O3/c1-23(2)24(3)13-14-25(4)29-17-18-30-31-16-15-27-21-28(39-33(38)26-11-9-8-10-12-26)19-20-35(27,6)36(31,7)32(37)22-34(29,30)5/h8-12,23-25,27-29H,13-22H2,1-7H3. The van der Waals surface area contributed by atoms with Gasteiger partial charge < -0.3 is 4.74 Å². The minimum absolute atomic E-state index is 0.0397. The first kappa shape index (κ1) is 28.6. The molecule has 0 spiro atoms. The van der Waals surface area contributed by atoms with Crippen LogP contribution in [0.2, 0.25) is 0 Å². The maximum Gasteiger partial charge on any atom is 0.338 e. The largest absolute Gasteiger partial charge is 0.459 e. The molecular weight excluding hydrogens is 480 g/mol. The average molecular weight is 533 g/mol. The summed E-state index contributed by atoms with van der Waals surface area (Å²) in [4.78, 5) is 27.2. The van der Waals surface area contributed by atoms with E-state index in [0.29, 0.717) is 35.5 Å². The zero-order valence-corrected chi connectivity index (χ0v) is 25.6. The van der Waals surface area contributed by atoms with Gasteiger partial charge in [0.2, 0.25) is 0 Å². The van der Waals surface area contributed by atoms with Gasteiger partial charge in [0.1, 0.15) is 11.9 Å². The number of ether oxygens (including phenoxy) is 1. The molecule has 39 heavy (non-hydrogen) atoms. The molecule has 0 aliphatic heterocycles. The number of hydrogen-bond acceptors (Lipinski definition) is 3. The zero-order chi connectivity index (χ0) is 28.2. The highest BCUT2D eigenvalue weighted by Crippen LogP contribution is 2.69. The molecule has 8 atom stereocenters. The molecule has 3 nitrogen and oxygen atoms in total. The fourth-order valence-corrected chi connectivity index (χ4v) is 9.55. The summed E-state index contributed by atoms with van der Waals surface area (Å²) in [5, 5.41) is 0. The van der Waals surface area contributed by atoms with Crippen LogP contribution in [-0.2, 0) is 9.53 Å². The van der Waals surface area contributed by atoms with Gasteiger partial charge in [-0.3, -0.25) is 4.79 Å². The summed E-state index contributed by atoms with van der Waals surface area (Å²) in [7, 11) is 0. The molecule has 3 heteroatoms. The van der Waals surface area contributed by atoms with Crippen molar-refractivity contribution in [3.05, 3.63) is 47.0 Å². The minimum atomic E-state index is -0.372. The van der Waals surface area contributed by atoms with Gasteiger partial charge >= 0.3 is 5.97 Å². The van der Waals surface area contributed by atoms with Crippen molar-refractivity contribution in [1.82, 2.24) is 0 Å². The fraction of sp³-hybridized carbons (Fsp3) is 0.722. The van der Waals surface area contributed by atoms with Gasteiger partial charge in [-0.2, -0.15) is 0 Å². The Labute approximate surface area is 237 Å². The number of benzene rings is 1. The van der Waals surface area contributed by atoms with E-state index in [4.69, 9.17) is 4.74 Å². The summed E-state index contributed by atoms with van der Waals surface area (Å²) in [5.74, 6) is 3.46. The first-order valence-electron chi connectivity index (χ1n) is 15.9. The number of rotatable bonds is 7. The number of fused-ring (bicyclic) bond motifs is 4. The number of carbonyl (C=O) groups excluding carboxylic acids is 2. The number of carbonyl (C=O) groups is 2. The summed E-state index contributed by atoms with van der Waals surface area (Å²) >= 11 is 0. The molecule has 4 aliphatic rings. The zero-order valence-electron chi connectivity index (χ0n) is 25.6. The molecule has 5 rings (SSSR count). The molecule has 0 N–H and O–H groups in total. The maximum atomic E-state index is 14.4. The van der Waals surface area contributed by atoms with Crippen LogP contribution in [-0.4, -0.2) is 17.9 Å². The van der Waals surface area contributed by atoms with Crippen LogP contribution < -0.4 is 0 Å². The van der Waals surface area contributed by atoms with Gasteiger partial charge in [-0.15, -0.1) is 0 Å². The number of allylic oxidation sites excluding steroid dienone is 2. The van der Waals surface area contributed by atoms with Crippen LogP contribution in [0.15, 0.2) is 41.5 Å². The Kier molecular flexibility index (Phi) is 7.70. The van der Waals surface area contributed by atoms with Crippen LogP contribution in [0.25, 0.3) is 0 Å². The van der Waals surface area contributed by atoms with Crippen LogP contribution in [0.4, 0.5) is 0 Å². The number of Topliss-reactive ketones (excluding diaryl/α,β-unsaturated/α-hetero) is 1. The molecule has 0 amide bonds. The van der Waals surface area contributed by atoms with Crippen molar-refractivity contribution in [1.29, 1.82) is 0 Å². The molecule has 0 bridgehead atoms. The third-order valence-electron chi connectivity index (χ3n) is 12.8. The molecule has 3 saturated carbocycles. The molecule has 0 saturated heterocycles. The monoisotopic (exact) mass is 532 g/mol. The second kappa shape index (κ2) is 10.5. The van der Waals surface area contributed by atoms with E-state index in [1.807, 2.05) is 30.3 Å². The summed E-state index contributed by atoms with van der Waals surface area (Å²) in [6.07, 6.45) is 10.5. The third-order valence-corrected chi connectivity index (χ3v) is 12.8. The van der Waals surface area contributed by atoms with E-state index in [2.05, 4.69) is 48.5 Å². The second-order valence-electron chi connectivity index (χ2n) is 14.8. The first-order valence-corrected chi connectivity index (χ1v) is 15.9. The maximum absolute atomic E-state index is 14.4. The highest BCUT2D eigenvalue weighted by Gasteiger charge is 2.64. The van der Waals surface area contributed by atoms with Crippen LogP contribution in [0.5, 0.6) is 0 Å². The Balaban J connectivity index is 1.35. The predicted molar refractivity (Wildman–Crippen MR) is 158 cm³/mol. The lowest BCUT2D eigenvalue weighted by Crippen LogP contribution is -2.58. The van der Waals surface area contributed by atoms with Crippen LogP contribution in [0.3, 0.4) is 0 Å². The fourth-order valence-electron chi connectivity index (χ4n) is 9.55. The van der Waals surface area contributed by atoms with E-state index < -0.39 is 0 Å². The number of esters is 1.